The average molecular weight is 379 g/mol. The first kappa shape index (κ1) is 19.0. The molecule has 0 aromatic heterocycles. The predicted octanol–water partition coefficient (Wildman–Crippen LogP) is 4.28. The van der Waals surface area contributed by atoms with Crippen molar-refractivity contribution in [3.05, 3.63) is 105 Å². The standard InChI is InChI=1S/C21H18FN3O3/c22-19-9-5-4-8-16(19)14-24-21(26)18-12-17(25(27)28)10-11-20(18)23-13-15-6-2-1-3-7-15/h1-12,23H,13-14H2,(H,24,26). The van der Waals surface area contributed by atoms with Crippen LogP contribution in [-0.2, 0) is 13.1 Å². The number of amides is 1. The van der Waals surface area contributed by atoms with Crippen LogP contribution in [0, 0.1) is 15.9 Å². The van der Waals surface area contributed by atoms with Gasteiger partial charge >= 0.3 is 0 Å². The molecule has 0 heterocycles. The summed E-state index contributed by atoms with van der Waals surface area (Å²) in [4.78, 5) is 23.2. The van der Waals surface area contributed by atoms with Gasteiger partial charge in [0.1, 0.15) is 5.82 Å². The normalized spacial score (nSPS) is 10.3. The van der Waals surface area contributed by atoms with Gasteiger partial charge < -0.3 is 10.6 Å². The van der Waals surface area contributed by atoms with Gasteiger partial charge in [-0.3, -0.25) is 14.9 Å². The minimum atomic E-state index is -0.561. The van der Waals surface area contributed by atoms with Crippen molar-refractivity contribution in [2.24, 2.45) is 0 Å². The lowest BCUT2D eigenvalue weighted by molar-refractivity contribution is -0.384. The second kappa shape index (κ2) is 8.77. The average Bonchev–Trinajstić information content (AvgIpc) is 2.72. The van der Waals surface area contributed by atoms with E-state index >= 15 is 0 Å². The summed E-state index contributed by atoms with van der Waals surface area (Å²) in [5, 5.41) is 16.8. The van der Waals surface area contributed by atoms with Crippen LogP contribution in [0.15, 0.2) is 72.8 Å². The van der Waals surface area contributed by atoms with Gasteiger partial charge in [0.2, 0.25) is 0 Å². The van der Waals surface area contributed by atoms with E-state index in [9.17, 15) is 19.3 Å². The van der Waals surface area contributed by atoms with Crippen LogP contribution in [0.4, 0.5) is 15.8 Å². The fraction of sp³-hybridized carbons (Fsp3) is 0.0952. The highest BCUT2D eigenvalue weighted by Gasteiger charge is 2.17. The number of hydrogen-bond donors (Lipinski definition) is 2. The van der Waals surface area contributed by atoms with Crippen molar-refractivity contribution in [3.8, 4) is 0 Å². The van der Waals surface area contributed by atoms with Gasteiger partial charge in [-0.05, 0) is 17.7 Å². The van der Waals surface area contributed by atoms with Crippen molar-refractivity contribution in [1.82, 2.24) is 5.32 Å². The largest absolute Gasteiger partial charge is 0.380 e. The summed E-state index contributed by atoms with van der Waals surface area (Å²) in [6.07, 6.45) is 0. The van der Waals surface area contributed by atoms with Crippen molar-refractivity contribution in [3.63, 3.8) is 0 Å². The number of nitro groups is 1. The van der Waals surface area contributed by atoms with Gasteiger partial charge in [-0.2, -0.15) is 0 Å². The summed E-state index contributed by atoms with van der Waals surface area (Å²) in [5.74, 6) is -0.952. The second-order valence-electron chi connectivity index (χ2n) is 6.10. The topological polar surface area (TPSA) is 84.3 Å². The quantitative estimate of drug-likeness (QED) is 0.474. The molecule has 28 heavy (non-hydrogen) atoms. The second-order valence-corrected chi connectivity index (χ2v) is 6.10. The molecule has 0 aliphatic carbocycles. The van der Waals surface area contributed by atoms with Gasteiger partial charge in [-0.15, -0.1) is 0 Å². The molecule has 7 heteroatoms. The summed E-state index contributed by atoms with van der Waals surface area (Å²) in [7, 11) is 0. The molecule has 0 radical (unpaired) electrons. The van der Waals surface area contributed by atoms with E-state index in [2.05, 4.69) is 10.6 Å². The van der Waals surface area contributed by atoms with Crippen molar-refractivity contribution in [2.75, 3.05) is 5.32 Å². The molecule has 0 bridgehead atoms. The Morgan fingerprint density at radius 3 is 2.39 bits per heavy atom. The molecule has 0 saturated heterocycles. The Labute approximate surface area is 161 Å². The number of nitrogens with one attached hydrogen (secondary N) is 2. The number of anilines is 1. The highest BCUT2D eigenvalue weighted by molar-refractivity contribution is 6.00. The van der Waals surface area contributed by atoms with Gasteiger partial charge in [0.15, 0.2) is 0 Å². The molecule has 0 fully saturated rings. The fourth-order valence-corrected chi connectivity index (χ4v) is 2.69. The van der Waals surface area contributed by atoms with Crippen LogP contribution in [0.1, 0.15) is 21.5 Å². The van der Waals surface area contributed by atoms with Gasteiger partial charge in [0.05, 0.1) is 10.5 Å². The van der Waals surface area contributed by atoms with Crippen LogP contribution in [-0.4, -0.2) is 10.8 Å². The first-order valence-corrected chi connectivity index (χ1v) is 8.62. The van der Waals surface area contributed by atoms with E-state index < -0.39 is 16.6 Å². The summed E-state index contributed by atoms with van der Waals surface area (Å²) < 4.78 is 13.7. The molecule has 0 saturated carbocycles. The number of hydrogen-bond acceptors (Lipinski definition) is 4. The van der Waals surface area contributed by atoms with Crippen LogP contribution < -0.4 is 10.6 Å². The third-order valence-electron chi connectivity index (χ3n) is 4.18. The van der Waals surface area contributed by atoms with E-state index in [1.54, 1.807) is 18.2 Å². The minimum absolute atomic E-state index is 0.0215. The maximum Gasteiger partial charge on any atom is 0.270 e. The van der Waals surface area contributed by atoms with Gasteiger partial charge in [-0.1, -0.05) is 48.5 Å². The molecule has 6 nitrogen and oxygen atoms in total. The molecule has 142 valence electrons. The van der Waals surface area contributed by atoms with Crippen molar-refractivity contribution < 1.29 is 14.1 Å². The fourth-order valence-electron chi connectivity index (χ4n) is 2.69. The lowest BCUT2D eigenvalue weighted by Crippen LogP contribution is -2.24. The number of nitrogens with zero attached hydrogens (tertiary/aromatic N) is 1. The molecular weight excluding hydrogens is 361 g/mol. The maximum absolute atomic E-state index is 13.7. The molecule has 2 N–H and O–H groups in total. The first-order valence-electron chi connectivity index (χ1n) is 8.62. The zero-order valence-electron chi connectivity index (χ0n) is 14.9. The molecule has 3 rings (SSSR count). The Hall–Kier alpha value is -3.74. The first-order chi connectivity index (χ1) is 13.5. The van der Waals surface area contributed by atoms with Crippen molar-refractivity contribution >= 4 is 17.3 Å². The van der Waals surface area contributed by atoms with E-state index in [1.807, 2.05) is 30.3 Å². The third kappa shape index (κ3) is 4.70. The number of carbonyl (C=O) groups is 1. The highest BCUT2D eigenvalue weighted by Crippen LogP contribution is 2.23. The molecule has 1 amide bonds. The zero-order chi connectivity index (χ0) is 19.9. The molecule has 0 atom stereocenters. The van der Waals surface area contributed by atoms with Crippen LogP contribution in [0.3, 0.4) is 0 Å². The number of benzene rings is 3. The third-order valence-corrected chi connectivity index (χ3v) is 4.18. The SMILES string of the molecule is O=C(NCc1ccccc1F)c1cc([N+](=O)[O-])ccc1NCc1ccccc1. The molecule has 0 aliphatic rings. The van der Waals surface area contributed by atoms with E-state index in [0.29, 0.717) is 17.8 Å². The van der Waals surface area contributed by atoms with Crippen molar-refractivity contribution in [1.29, 1.82) is 0 Å². The highest BCUT2D eigenvalue weighted by atomic mass is 19.1. The zero-order valence-corrected chi connectivity index (χ0v) is 14.9. The van der Waals surface area contributed by atoms with Crippen LogP contribution >= 0.6 is 0 Å². The van der Waals surface area contributed by atoms with Crippen molar-refractivity contribution in [2.45, 2.75) is 13.1 Å². The summed E-state index contributed by atoms with van der Waals surface area (Å²) >= 11 is 0. The molecule has 0 unspecified atom stereocenters. The number of nitro benzene ring substituents is 1. The van der Waals surface area contributed by atoms with E-state index in [4.69, 9.17) is 0 Å². The summed E-state index contributed by atoms with van der Waals surface area (Å²) in [6.45, 7) is 0.429. The monoisotopic (exact) mass is 379 g/mol. The summed E-state index contributed by atoms with van der Waals surface area (Å²) in [6, 6.07) is 19.7. The Kier molecular flexibility index (Phi) is 5.96. The number of halogens is 1. The van der Waals surface area contributed by atoms with Crippen LogP contribution in [0.5, 0.6) is 0 Å². The van der Waals surface area contributed by atoms with E-state index in [0.717, 1.165) is 5.56 Å². The maximum atomic E-state index is 13.7. The minimum Gasteiger partial charge on any atom is -0.380 e. The lowest BCUT2D eigenvalue weighted by Gasteiger charge is -2.13. The van der Waals surface area contributed by atoms with Crippen LogP contribution in [0.25, 0.3) is 0 Å². The number of carbonyl (C=O) groups excluding carboxylic acids is 1. The van der Waals surface area contributed by atoms with Gasteiger partial charge in [0.25, 0.3) is 11.6 Å². The van der Waals surface area contributed by atoms with E-state index in [-0.39, 0.29) is 17.8 Å². The Bertz CT molecular complexity index is 993. The number of rotatable bonds is 7. The smallest absolute Gasteiger partial charge is 0.270 e. The Morgan fingerprint density at radius 1 is 0.964 bits per heavy atom. The van der Waals surface area contributed by atoms with Gasteiger partial charge in [-0.25, -0.2) is 4.39 Å². The lowest BCUT2D eigenvalue weighted by atomic mass is 10.1. The number of non-ortho nitro benzene ring substituents is 1. The molecule has 3 aromatic rings. The van der Waals surface area contributed by atoms with E-state index in [1.165, 1.54) is 24.3 Å². The summed E-state index contributed by atoms with van der Waals surface area (Å²) in [5.41, 5.74) is 1.72. The van der Waals surface area contributed by atoms with Gasteiger partial charge in [0, 0.05) is 36.5 Å². The molecular formula is C21H18FN3O3. The predicted molar refractivity (Wildman–Crippen MR) is 104 cm³/mol. The molecule has 3 aromatic carbocycles. The molecule has 0 spiro atoms. The molecule has 0 aliphatic heterocycles. The Morgan fingerprint density at radius 2 is 1.68 bits per heavy atom. The van der Waals surface area contributed by atoms with Crippen LogP contribution in [0.2, 0.25) is 0 Å². The Balaban J connectivity index is 1.79.